The summed E-state index contributed by atoms with van der Waals surface area (Å²) in [7, 11) is 0. The van der Waals surface area contributed by atoms with Gasteiger partial charge in [-0.1, -0.05) is 42.4 Å². The molecule has 1 aliphatic heterocycles. The molecule has 0 fully saturated rings. The van der Waals surface area contributed by atoms with Gasteiger partial charge in [-0.05, 0) is 24.6 Å². The third kappa shape index (κ3) is 2.53. The third-order valence-corrected chi connectivity index (χ3v) is 4.71. The van der Waals surface area contributed by atoms with Gasteiger partial charge in [-0.15, -0.1) is 10.2 Å². The third-order valence-electron chi connectivity index (χ3n) is 3.46. The summed E-state index contributed by atoms with van der Waals surface area (Å²) < 4.78 is 1.82. The van der Waals surface area contributed by atoms with Crippen molar-refractivity contribution in [3.63, 3.8) is 0 Å². The zero-order chi connectivity index (χ0) is 15.0. The Labute approximate surface area is 132 Å². The first-order valence-electron chi connectivity index (χ1n) is 6.74. The Morgan fingerprint density at radius 2 is 2.10 bits per heavy atom. The Morgan fingerprint density at radius 1 is 1.38 bits per heavy atom. The summed E-state index contributed by atoms with van der Waals surface area (Å²) in [6.45, 7) is 3.72. The molecule has 5 nitrogen and oxygen atoms in total. The Kier molecular flexibility index (Phi) is 3.91. The number of amides is 1. The molecule has 1 unspecified atom stereocenters. The molecule has 0 saturated carbocycles. The van der Waals surface area contributed by atoms with Crippen LogP contribution < -0.4 is 5.01 Å². The van der Waals surface area contributed by atoms with Crippen LogP contribution in [0.25, 0.3) is 0 Å². The number of nitrogens with zero attached hydrogens (tertiary/aromatic N) is 4. The van der Waals surface area contributed by atoms with Crippen LogP contribution >= 0.6 is 23.4 Å². The van der Waals surface area contributed by atoms with E-state index in [9.17, 15) is 4.79 Å². The molecular formula is C14H15ClN4OS. The molecule has 0 bridgehead atoms. The van der Waals surface area contributed by atoms with Crippen molar-refractivity contribution in [2.45, 2.75) is 31.5 Å². The lowest BCUT2D eigenvalue weighted by molar-refractivity contribution is -0.120. The summed E-state index contributed by atoms with van der Waals surface area (Å²) >= 11 is 7.57. The predicted molar refractivity (Wildman–Crippen MR) is 83.2 cm³/mol. The number of hydrogen-bond acceptors (Lipinski definition) is 4. The number of thioether (sulfide) groups is 1. The van der Waals surface area contributed by atoms with Crippen molar-refractivity contribution >= 4 is 29.3 Å². The maximum absolute atomic E-state index is 12.4. The highest BCUT2D eigenvalue weighted by molar-refractivity contribution is 7.99. The number of halogens is 1. The van der Waals surface area contributed by atoms with Gasteiger partial charge in [-0.25, -0.2) is 9.69 Å². The SMILES string of the molecule is CCC(=O)N1C(c2ccc(Cl)cc2)CSc2nnc(C)n21. The van der Waals surface area contributed by atoms with Gasteiger partial charge in [-0.3, -0.25) is 4.79 Å². The first-order valence-corrected chi connectivity index (χ1v) is 8.10. The van der Waals surface area contributed by atoms with Gasteiger partial charge in [0.05, 0.1) is 6.04 Å². The van der Waals surface area contributed by atoms with E-state index in [1.165, 1.54) is 0 Å². The van der Waals surface area contributed by atoms with Gasteiger partial charge in [0, 0.05) is 17.2 Å². The summed E-state index contributed by atoms with van der Waals surface area (Å²) in [5.74, 6) is 1.53. The summed E-state index contributed by atoms with van der Waals surface area (Å²) in [4.78, 5) is 12.4. The van der Waals surface area contributed by atoms with Gasteiger partial charge < -0.3 is 0 Å². The van der Waals surface area contributed by atoms with Crippen LogP contribution in [0.3, 0.4) is 0 Å². The maximum Gasteiger partial charge on any atom is 0.241 e. The monoisotopic (exact) mass is 322 g/mol. The fraction of sp³-hybridized carbons (Fsp3) is 0.357. The average Bonchev–Trinajstić information content (AvgIpc) is 2.88. The van der Waals surface area contributed by atoms with E-state index in [0.717, 1.165) is 22.3 Å². The molecule has 1 aromatic carbocycles. The van der Waals surface area contributed by atoms with E-state index in [-0.39, 0.29) is 11.9 Å². The van der Waals surface area contributed by atoms with Crippen LogP contribution in [-0.2, 0) is 4.79 Å². The number of fused-ring (bicyclic) bond motifs is 1. The maximum atomic E-state index is 12.4. The number of benzene rings is 1. The minimum atomic E-state index is -0.0399. The smallest absolute Gasteiger partial charge is 0.241 e. The largest absolute Gasteiger partial charge is 0.273 e. The van der Waals surface area contributed by atoms with E-state index in [1.54, 1.807) is 16.8 Å². The van der Waals surface area contributed by atoms with E-state index in [1.807, 2.05) is 42.8 Å². The molecule has 0 radical (unpaired) electrons. The Morgan fingerprint density at radius 3 is 2.76 bits per heavy atom. The normalized spacial score (nSPS) is 17.7. The van der Waals surface area contributed by atoms with Crippen LogP contribution in [0, 0.1) is 6.92 Å². The fourth-order valence-electron chi connectivity index (χ4n) is 2.41. The predicted octanol–water partition coefficient (Wildman–Crippen LogP) is 2.96. The van der Waals surface area contributed by atoms with Crippen molar-refractivity contribution in [2.24, 2.45) is 0 Å². The number of aromatic nitrogens is 3. The number of hydrogen-bond donors (Lipinski definition) is 0. The average molecular weight is 323 g/mol. The summed E-state index contributed by atoms with van der Waals surface area (Å²) in [5.41, 5.74) is 1.06. The molecule has 1 aromatic heterocycles. The van der Waals surface area contributed by atoms with Gasteiger partial charge >= 0.3 is 0 Å². The highest BCUT2D eigenvalue weighted by Gasteiger charge is 2.34. The second-order valence-corrected chi connectivity index (χ2v) is 6.24. The van der Waals surface area contributed by atoms with Gasteiger partial charge in [0.1, 0.15) is 0 Å². The van der Waals surface area contributed by atoms with Crippen molar-refractivity contribution in [3.8, 4) is 0 Å². The van der Waals surface area contributed by atoms with E-state index < -0.39 is 0 Å². The van der Waals surface area contributed by atoms with Crippen molar-refractivity contribution in [1.82, 2.24) is 14.9 Å². The molecule has 0 N–H and O–H groups in total. The van der Waals surface area contributed by atoms with Gasteiger partial charge in [-0.2, -0.15) is 0 Å². The van der Waals surface area contributed by atoms with Crippen LogP contribution in [-0.4, -0.2) is 26.5 Å². The Hall–Kier alpha value is -1.53. The van der Waals surface area contributed by atoms with E-state index in [2.05, 4.69) is 10.2 Å². The molecule has 1 aliphatic rings. The Bertz CT molecular complexity index is 670. The van der Waals surface area contributed by atoms with Gasteiger partial charge in [0.25, 0.3) is 0 Å². The minimum Gasteiger partial charge on any atom is -0.273 e. The molecule has 0 saturated heterocycles. The summed E-state index contributed by atoms with van der Waals surface area (Å²) in [5, 5.41) is 11.4. The van der Waals surface area contributed by atoms with Gasteiger partial charge in [0.15, 0.2) is 5.82 Å². The molecule has 2 heterocycles. The zero-order valence-corrected chi connectivity index (χ0v) is 13.4. The minimum absolute atomic E-state index is 0.0399. The van der Waals surface area contributed by atoms with Crippen molar-refractivity contribution in [2.75, 3.05) is 10.8 Å². The molecule has 2 aromatic rings. The zero-order valence-electron chi connectivity index (χ0n) is 11.8. The summed E-state index contributed by atoms with van der Waals surface area (Å²) in [6.07, 6.45) is 0.436. The van der Waals surface area contributed by atoms with Crippen LogP contribution in [0.2, 0.25) is 5.02 Å². The fourth-order valence-corrected chi connectivity index (χ4v) is 3.62. The highest BCUT2D eigenvalue weighted by atomic mass is 35.5. The second kappa shape index (κ2) is 5.69. The lowest BCUT2D eigenvalue weighted by Crippen LogP contribution is -2.47. The van der Waals surface area contributed by atoms with Crippen molar-refractivity contribution in [3.05, 3.63) is 40.7 Å². The molecule has 21 heavy (non-hydrogen) atoms. The summed E-state index contributed by atoms with van der Waals surface area (Å²) in [6, 6.07) is 7.60. The molecule has 3 rings (SSSR count). The van der Waals surface area contributed by atoms with Crippen molar-refractivity contribution < 1.29 is 4.79 Å². The van der Waals surface area contributed by atoms with E-state index in [0.29, 0.717) is 11.4 Å². The van der Waals surface area contributed by atoms with Crippen LogP contribution in [0.1, 0.15) is 30.8 Å². The first kappa shape index (κ1) is 14.4. The first-order chi connectivity index (χ1) is 10.1. The second-order valence-electron chi connectivity index (χ2n) is 4.81. The molecular weight excluding hydrogens is 308 g/mol. The quantitative estimate of drug-likeness (QED) is 0.853. The molecule has 1 amide bonds. The van der Waals surface area contributed by atoms with Crippen LogP contribution in [0.5, 0.6) is 0 Å². The van der Waals surface area contributed by atoms with E-state index >= 15 is 0 Å². The van der Waals surface area contributed by atoms with E-state index in [4.69, 9.17) is 11.6 Å². The number of rotatable bonds is 2. The van der Waals surface area contributed by atoms with Gasteiger partial charge in [0.2, 0.25) is 11.1 Å². The molecule has 0 aliphatic carbocycles. The lowest BCUT2D eigenvalue weighted by atomic mass is 10.1. The van der Waals surface area contributed by atoms with Crippen molar-refractivity contribution in [1.29, 1.82) is 0 Å². The topological polar surface area (TPSA) is 51.0 Å². The van der Waals surface area contributed by atoms with Crippen LogP contribution in [0.4, 0.5) is 0 Å². The lowest BCUT2D eigenvalue weighted by Gasteiger charge is -2.36. The highest BCUT2D eigenvalue weighted by Crippen LogP contribution is 2.34. The molecule has 0 spiro atoms. The van der Waals surface area contributed by atoms with Crippen LogP contribution in [0.15, 0.2) is 29.4 Å². The Balaban J connectivity index is 2.06. The molecule has 7 heteroatoms. The number of carbonyl (C=O) groups excluding carboxylic acids is 1. The number of aryl methyl sites for hydroxylation is 1. The number of carbonyl (C=O) groups is 1. The molecule has 110 valence electrons. The molecule has 1 atom stereocenters. The standard InChI is InChI=1S/C14H15ClN4OS/c1-3-13(20)19-12(10-4-6-11(15)7-5-10)8-21-14-17-16-9(2)18(14)19/h4-7,12H,3,8H2,1-2H3.